The number of methoxy groups -OCH3 is 1. The molecule has 0 bridgehead atoms. The van der Waals surface area contributed by atoms with Crippen LogP contribution in [0, 0.1) is 0 Å². The maximum Gasteiger partial charge on any atom is 0.137 e. The van der Waals surface area contributed by atoms with Crippen molar-refractivity contribution in [1.82, 2.24) is 9.97 Å². The maximum atomic E-state index is 6.06. The Morgan fingerprint density at radius 1 is 1.08 bits per heavy atom. The van der Waals surface area contributed by atoms with Gasteiger partial charge >= 0.3 is 0 Å². The van der Waals surface area contributed by atoms with E-state index in [1.165, 1.54) is 5.69 Å². The fraction of sp³-hybridized carbons (Fsp3) is 0.300. The molecule has 1 N–H and O–H groups in total. The van der Waals surface area contributed by atoms with E-state index >= 15 is 0 Å². The molecule has 6 heteroatoms. The highest BCUT2D eigenvalue weighted by atomic mass is 35.5. The molecule has 5 nitrogen and oxygen atoms in total. The molecule has 0 radical (unpaired) electrons. The van der Waals surface area contributed by atoms with Gasteiger partial charge in [0.1, 0.15) is 17.9 Å². The zero-order chi connectivity index (χ0) is 17.9. The van der Waals surface area contributed by atoms with Gasteiger partial charge < -0.3 is 15.0 Å². The van der Waals surface area contributed by atoms with Crippen molar-refractivity contribution in [2.75, 3.05) is 30.4 Å². The molecule has 0 aliphatic carbocycles. The number of hydrogen-bond donors (Lipinski definition) is 1. The van der Waals surface area contributed by atoms with Crippen LogP contribution in [0.2, 0.25) is 5.02 Å². The quantitative estimate of drug-likeness (QED) is 0.740. The zero-order valence-electron chi connectivity index (χ0n) is 14.7. The van der Waals surface area contributed by atoms with Gasteiger partial charge in [-0.3, -0.25) is 0 Å². The van der Waals surface area contributed by atoms with Crippen molar-refractivity contribution < 1.29 is 4.74 Å². The van der Waals surface area contributed by atoms with Crippen LogP contribution in [0.3, 0.4) is 0 Å². The first kappa shape index (κ1) is 16.9. The summed E-state index contributed by atoms with van der Waals surface area (Å²) in [6.07, 6.45) is 3.71. The molecule has 134 valence electrons. The molecule has 2 heterocycles. The Morgan fingerprint density at radius 3 is 2.58 bits per heavy atom. The normalized spacial score (nSPS) is 15.2. The number of benzene rings is 2. The third kappa shape index (κ3) is 3.53. The summed E-state index contributed by atoms with van der Waals surface area (Å²) in [5.74, 6) is 1.77. The molecule has 1 saturated heterocycles. The maximum absolute atomic E-state index is 6.06. The van der Waals surface area contributed by atoms with E-state index in [-0.39, 0.29) is 0 Å². The average Bonchev–Trinajstić information content (AvgIpc) is 2.69. The van der Waals surface area contributed by atoms with Crippen LogP contribution in [0.25, 0.3) is 10.9 Å². The van der Waals surface area contributed by atoms with Crippen molar-refractivity contribution in [2.24, 2.45) is 0 Å². The fourth-order valence-corrected chi connectivity index (χ4v) is 3.58. The number of nitrogens with zero attached hydrogens (tertiary/aromatic N) is 3. The van der Waals surface area contributed by atoms with Gasteiger partial charge in [-0.2, -0.15) is 0 Å². The molecule has 0 amide bonds. The molecule has 26 heavy (non-hydrogen) atoms. The number of halogens is 1. The second kappa shape index (κ2) is 7.38. The van der Waals surface area contributed by atoms with Crippen molar-refractivity contribution in [1.29, 1.82) is 0 Å². The lowest BCUT2D eigenvalue weighted by atomic mass is 10.0. The zero-order valence-corrected chi connectivity index (χ0v) is 15.4. The number of aromatic nitrogens is 2. The van der Waals surface area contributed by atoms with Gasteiger partial charge in [0.05, 0.1) is 12.6 Å². The second-order valence-corrected chi connectivity index (χ2v) is 6.92. The minimum atomic E-state index is 0.401. The molecule has 0 unspecified atom stereocenters. The van der Waals surface area contributed by atoms with Crippen LogP contribution in [0.1, 0.15) is 12.8 Å². The van der Waals surface area contributed by atoms with Crippen molar-refractivity contribution in [3.05, 3.63) is 53.8 Å². The van der Waals surface area contributed by atoms with E-state index in [0.29, 0.717) is 11.1 Å². The summed E-state index contributed by atoms with van der Waals surface area (Å²) < 4.78 is 5.23. The number of anilines is 2. The Morgan fingerprint density at radius 2 is 1.85 bits per heavy atom. The highest BCUT2D eigenvalue weighted by Crippen LogP contribution is 2.26. The lowest BCUT2D eigenvalue weighted by Crippen LogP contribution is -2.39. The summed E-state index contributed by atoms with van der Waals surface area (Å²) in [4.78, 5) is 11.2. The van der Waals surface area contributed by atoms with Gasteiger partial charge in [0.15, 0.2) is 0 Å². The SMILES string of the molecule is COc1ccc(N2CCC(Nc3ncnc4cc(Cl)ccc34)CC2)cc1. The summed E-state index contributed by atoms with van der Waals surface area (Å²) >= 11 is 6.06. The molecular formula is C20H21ClN4O. The predicted octanol–water partition coefficient (Wildman–Crippen LogP) is 4.37. The van der Waals surface area contributed by atoms with Gasteiger partial charge in [0, 0.05) is 35.2 Å². The first-order chi connectivity index (χ1) is 12.7. The molecule has 0 spiro atoms. The summed E-state index contributed by atoms with van der Waals surface area (Å²) in [5, 5.41) is 5.29. The third-order valence-corrected chi connectivity index (χ3v) is 5.11. The number of fused-ring (bicyclic) bond motifs is 1. The van der Waals surface area contributed by atoms with Crippen LogP contribution in [0.5, 0.6) is 5.75 Å². The first-order valence-corrected chi connectivity index (χ1v) is 9.16. The molecule has 0 atom stereocenters. The molecule has 1 fully saturated rings. The van der Waals surface area contributed by atoms with E-state index in [2.05, 4.69) is 32.3 Å². The molecule has 4 rings (SSSR count). The Bertz CT molecular complexity index is 892. The summed E-state index contributed by atoms with van der Waals surface area (Å²) in [6.45, 7) is 2.03. The van der Waals surface area contributed by atoms with E-state index < -0.39 is 0 Å². The van der Waals surface area contributed by atoms with Gasteiger partial charge in [-0.1, -0.05) is 11.6 Å². The molecule has 2 aromatic carbocycles. The monoisotopic (exact) mass is 368 g/mol. The molecular weight excluding hydrogens is 348 g/mol. The van der Waals surface area contributed by atoms with E-state index in [0.717, 1.165) is 48.4 Å². The number of hydrogen-bond acceptors (Lipinski definition) is 5. The highest BCUT2D eigenvalue weighted by molar-refractivity contribution is 6.31. The Hall–Kier alpha value is -2.53. The molecule has 0 saturated carbocycles. The lowest BCUT2D eigenvalue weighted by Gasteiger charge is -2.34. The van der Waals surface area contributed by atoms with Gasteiger partial charge in [-0.15, -0.1) is 0 Å². The smallest absolute Gasteiger partial charge is 0.137 e. The van der Waals surface area contributed by atoms with E-state index in [1.807, 2.05) is 30.3 Å². The molecule has 3 aromatic rings. The minimum Gasteiger partial charge on any atom is -0.497 e. The first-order valence-electron chi connectivity index (χ1n) is 8.79. The average molecular weight is 369 g/mol. The fourth-order valence-electron chi connectivity index (χ4n) is 3.41. The number of nitrogens with one attached hydrogen (secondary N) is 1. The van der Waals surface area contributed by atoms with Crippen LogP contribution in [-0.4, -0.2) is 36.2 Å². The van der Waals surface area contributed by atoms with Gasteiger partial charge in [-0.05, 0) is 55.3 Å². The highest BCUT2D eigenvalue weighted by Gasteiger charge is 2.20. The van der Waals surface area contributed by atoms with E-state index in [4.69, 9.17) is 16.3 Å². The Balaban J connectivity index is 1.42. The lowest BCUT2D eigenvalue weighted by molar-refractivity contribution is 0.414. The largest absolute Gasteiger partial charge is 0.497 e. The Kier molecular flexibility index (Phi) is 4.80. The van der Waals surface area contributed by atoms with E-state index in [9.17, 15) is 0 Å². The topological polar surface area (TPSA) is 50.3 Å². The standard InChI is InChI=1S/C20H21ClN4O/c1-26-17-5-3-16(4-6-17)25-10-8-15(9-11-25)24-20-18-7-2-14(21)12-19(18)22-13-23-20/h2-7,12-13,15H,8-11H2,1H3,(H,22,23,24). The van der Waals surface area contributed by atoms with Crippen LogP contribution in [-0.2, 0) is 0 Å². The molecule has 1 aliphatic heterocycles. The minimum absolute atomic E-state index is 0.401. The number of ether oxygens (including phenoxy) is 1. The number of rotatable bonds is 4. The van der Waals surface area contributed by atoms with E-state index in [1.54, 1.807) is 13.4 Å². The van der Waals surface area contributed by atoms with Crippen molar-refractivity contribution in [3.8, 4) is 5.75 Å². The van der Waals surface area contributed by atoms with Crippen molar-refractivity contribution in [2.45, 2.75) is 18.9 Å². The second-order valence-electron chi connectivity index (χ2n) is 6.49. The predicted molar refractivity (Wildman–Crippen MR) is 106 cm³/mol. The van der Waals surface area contributed by atoms with Gasteiger partial charge in [-0.25, -0.2) is 9.97 Å². The number of piperidine rings is 1. The van der Waals surface area contributed by atoms with Crippen molar-refractivity contribution in [3.63, 3.8) is 0 Å². The molecule has 1 aliphatic rings. The van der Waals surface area contributed by atoms with Crippen LogP contribution < -0.4 is 15.0 Å². The molecule has 1 aromatic heterocycles. The van der Waals surface area contributed by atoms with Gasteiger partial charge in [0.25, 0.3) is 0 Å². The summed E-state index contributed by atoms with van der Waals surface area (Å²) in [6, 6.07) is 14.4. The third-order valence-electron chi connectivity index (χ3n) is 4.87. The van der Waals surface area contributed by atoms with Crippen LogP contribution in [0.15, 0.2) is 48.8 Å². The van der Waals surface area contributed by atoms with Crippen molar-refractivity contribution >= 4 is 34.0 Å². The van der Waals surface area contributed by atoms with Crippen LogP contribution in [0.4, 0.5) is 11.5 Å². The Labute approximate surface area is 158 Å². The van der Waals surface area contributed by atoms with Crippen LogP contribution >= 0.6 is 11.6 Å². The summed E-state index contributed by atoms with van der Waals surface area (Å²) in [5.41, 5.74) is 2.11. The van der Waals surface area contributed by atoms with Gasteiger partial charge in [0.2, 0.25) is 0 Å². The summed E-state index contributed by atoms with van der Waals surface area (Å²) in [7, 11) is 1.69.